The maximum Gasteiger partial charge on any atom is 1.00 e. The van der Waals surface area contributed by atoms with Crippen molar-refractivity contribution < 1.29 is 61.7 Å². The van der Waals surface area contributed by atoms with E-state index in [1.165, 1.54) is 13.0 Å². The van der Waals surface area contributed by atoms with Gasteiger partial charge in [0.25, 0.3) is 0 Å². The zero-order valence-corrected chi connectivity index (χ0v) is 7.76. The van der Waals surface area contributed by atoms with Crippen molar-refractivity contribution in [3.8, 4) is 0 Å². The van der Waals surface area contributed by atoms with E-state index in [0.29, 0.717) is 0 Å². The minimum atomic E-state index is 0. The number of rotatable bonds is 1. The smallest absolute Gasteiger partial charge is 0.870 e. The molecule has 0 rings (SSSR count). The third-order valence-corrected chi connectivity index (χ3v) is 0.287. The molecule has 0 amide bonds. The zero-order valence-electron chi connectivity index (χ0n) is 4.64. The van der Waals surface area contributed by atoms with Crippen LogP contribution in [0.4, 0.5) is 0 Å². The van der Waals surface area contributed by atoms with Crippen LogP contribution in [0.25, 0.3) is 0 Å². The van der Waals surface area contributed by atoms with E-state index >= 15 is 0 Å². The Hall–Kier alpha value is 1.01. The summed E-state index contributed by atoms with van der Waals surface area (Å²) in [5.74, 6) is 0.0185. The average molecular weight is 126 g/mol. The van der Waals surface area contributed by atoms with Gasteiger partial charge in [-0.25, -0.2) is 0 Å². The van der Waals surface area contributed by atoms with Gasteiger partial charge in [0.05, 0.1) is 0 Å². The van der Waals surface area contributed by atoms with Crippen LogP contribution in [0.1, 0.15) is 6.92 Å². The fourth-order valence-corrected chi connectivity index (χ4v) is 0. The normalized spacial score (nSPS) is 4.71. The molecule has 0 atom stereocenters. The Morgan fingerprint density at radius 1 is 1.71 bits per heavy atom. The van der Waals surface area contributed by atoms with Gasteiger partial charge in [-0.1, -0.05) is 6.58 Å². The van der Waals surface area contributed by atoms with Crippen molar-refractivity contribution in [1.29, 1.82) is 0 Å². The largest absolute Gasteiger partial charge is 1.00 e. The van der Waals surface area contributed by atoms with Crippen LogP contribution in [-0.2, 0) is 4.79 Å². The first-order valence-corrected chi connectivity index (χ1v) is 1.40. The summed E-state index contributed by atoms with van der Waals surface area (Å²) in [6, 6.07) is 0. The fourth-order valence-electron chi connectivity index (χ4n) is 0. The molecule has 0 unspecified atom stereocenters. The maximum atomic E-state index is 9.69. The number of carbonyl (C=O) groups excluding carboxylic acids is 1. The molecule has 1 N–H and O–H groups in total. The van der Waals surface area contributed by atoms with E-state index in [1.807, 2.05) is 0 Å². The number of hydrogen-bond donors (Lipinski definition) is 0. The molecule has 0 bridgehead atoms. The van der Waals surface area contributed by atoms with Crippen LogP contribution in [0.5, 0.6) is 0 Å². The minimum absolute atomic E-state index is 0. The van der Waals surface area contributed by atoms with Crippen LogP contribution in [0, 0.1) is 0 Å². The van der Waals surface area contributed by atoms with Crippen LogP contribution >= 0.6 is 0 Å². The van der Waals surface area contributed by atoms with Crippen molar-refractivity contribution >= 4 is 5.78 Å². The molecule has 0 fully saturated rings. The van der Waals surface area contributed by atoms with Gasteiger partial charge in [0.15, 0.2) is 5.78 Å². The van der Waals surface area contributed by atoms with E-state index in [0.717, 1.165) is 0 Å². The maximum absolute atomic E-state index is 9.69. The van der Waals surface area contributed by atoms with Crippen molar-refractivity contribution in [3.63, 3.8) is 0 Å². The van der Waals surface area contributed by atoms with Gasteiger partial charge < -0.3 is 5.48 Å². The molecule has 0 saturated heterocycles. The quantitative estimate of drug-likeness (QED) is 0.290. The molecule has 7 heavy (non-hydrogen) atoms. The van der Waals surface area contributed by atoms with Gasteiger partial charge in [0, 0.05) is 0 Å². The van der Waals surface area contributed by atoms with E-state index in [1.54, 1.807) is 0 Å². The first-order valence-electron chi connectivity index (χ1n) is 1.40. The van der Waals surface area contributed by atoms with E-state index in [-0.39, 0.29) is 62.6 Å². The van der Waals surface area contributed by atoms with Gasteiger partial charge in [-0.3, -0.25) is 4.79 Å². The van der Waals surface area contributed by atoms with Crippen LogP contribution in [0.3, 0.4) is 0 Å². The Balaban J connectivity index is -0.0000000800. The fraction of sp³-hybridized carbons (Fsp3) is 0.250. The van der Waals surface area contributed by atoms with Gasteiger partial charge in [0.1, 0.15) is 0 Å². The predicted molar refractivity (Wildman–Crippen MR) is 22.8 cm³/mol. The van der Waals surface area contributed by atoms with Crippen molar-refractivity contribution in [2.45, 2.75) is 6.92 Å². The number of hydrogen-bond acceptors (Lipinski definition) is 2. The molecule has 0 aromatic carbocycles. The van der Waals surface area contributed by atoms with Gasteiger partial charge in [-0.15, -0.1) is 0 Å². The summed E-state index contributed by atoms with van der Waals surface area (Å²) in [7, 11) is 0. The molecule has 0 aliphatic carbocycles. The summed E-state index contributed by atoms with van der Waals surface area (Å²) >= 11 is 0. The third-order valence-electron chi connectivity index (χ3n) is 0.287. The standard InChI is InChI=1S/C4H6O.K.H2O/c1-3-4(2)5;;/h3H,1H2,2H3;;1H2/q;+1;/p-1. The first kappa shape index (κ1) is 15.7. The van der Waals surface area contributed by atoms with Gasteiger partial charge in [0.2, 0.25) is 0 Å². The molecule has 2 nitrogen and oxygen atoms in total. The van der Waals surface area contributed by atoms with E-state index in [2.05, 4.69) is 6.58 Å². The number of allylic oxidation sites excluding steroid dienone is 1. The molecule has 0 heterocycles. The van der Waals surface area contributed by atoms with Crippen molar-refractivity contribution in [2.75, 3.05) is 0 Å². The summed E-state index contributed by atoms with van der Waals surface area (Å²) < 4.78 is 0. The van der Waals surface area contributed by atoms with E-state index in [4.69, 9.17) is 0 Å². The molecule has 0 spiro atoms. The summed E-state index contributed by atoms with van der Waals surface area (Å²) in [5, 5.41) is 0. The van der Waals surface area contributed by atoms with Crippen LogP contribution < -0.4 is 51.4 Å². The second-order valence-corrected chi connectivity index (χ2v) is 0.815. The summed E-state index contributed by atoms with van der Waals surface area (Å²) in [6.45, 7) is 4.68. The summed E-state index contributed by atoms with van der Waals surface area (Å²) in [5.41, 5.74) is 0. The summed E-state index contributed by atoms with van der Waals surface area (Å²) in [6.07, 6.45) is 1.28. The Bertz CT molecular complexity index is 60.7. The van der Waals surface area contributed by atoms with Gasteiger partial charge in [-0.2, -0.15) is 0 Å². The number of carbonyl (C=O) groups is 1. The molecule has 36 valence electrons. The van der Waals surface area contributed by atoms with Gasteiger partial charge in [-0.05, 0) is 13.0 Å². The third kappa shape index (κ3) is 19.4. The molecule has 0 aromatic heterocycles. The molecule has 0 radical (unpaired) electrons. The number of ketones is 1. The minimum Gasteiger partial charge on any atom is -0.870 e. The van der Waals surface area contributed by atoms with Crippen LogP contribution in [0.15, 0.2) is 12.7 Å². The Labute approximate surface area is 85.7 Å². The SMILES string of the molecule is C=CC(C)=O.[K+].[OH-]. The second kappa shape index (κ2) is 10.1. The average Bonchev–Trinajstić information content (AvgIpc) is 1.38. The zero-order chi connectivity index (χ0) is 4.28. The molecule has 3 heteroatoms. The van der Waals surface area contributed by atoms with E-state index in [9.17, 15) is 4.79 Å². The first-order chi connectivity index (χ1) is 2.27. The molecule has 0 aromatic rings. The Morgan fingerprint density at radius 2 is 1.86 bits per heavy atom. The molecule has 0 saturated carbocycles. The topological polar surface area (TPSA) is 47.1 Å². The predicted octanol–water partition coefficient (Wildman–Crippen LogP) is -2.41. The molecular weight excluding hydrogens is 119 g/mol. The van der Waals surface area contributed by atoms with E-state index < -0.39 is 0 Å². The monoisotopic (exact) mass is 126 g/mol. The Kier molecular flexibility index (Phi) is 22.6. The van der Waals surface area contributed by atoms with Gasteiger partial charge >= 0.3 is 51.4 Å². The Morgan fingerprint density at radius 3 is 1.86 bits per heavy atom. The van der Waals surface area contributed by atoms with Crippen molar-refractivity contribution in [3.05, 3.63) is 12.7 Å². The molecule has 0 aliphatic heterocycles. The van der Waals surface area contributed by atoms with Crippen molar-refractivity contribution in [2.24, 2.45) is 0 Å². The second-order valence-electron chi connectivity index (χ2n) is 0.815. The summed E-state index contributed by atoms with van der Waals surface area (Å²) in [4.78, 5) is 9.69. The molecular formula is C4H7KO2. The van der Waals surface area contributed by atoms with Crippen molar-refractivity contribution in [1.82, 2.24) is 0 Å². The van der Waals surface area contributed by atoms with Crippen LogP contribution in [0.2, 0.25) is 0 Å². The molecule has 0 aliphatic rings. The van der Waals surface area contributed by atoms with Crippen LogP contribution in [-0.4, -0.2) is 11.3 Å².